The van der Waals surface area contributed by atoms with E-state index < -0.39 is 5.91 Å². The lowest BCUT2D eigenvalue weighted by molar-refractivity contribution is -0.119. The number of carbonyl (C=O) groups is 1. The summed E-state index contributed by atoms with van der Waals surface area (Å²) in [5.74, 6) is 1.85. The lowest BCUT2D eigenvalue weighted by Crippen LogP contribution is -2.39. The van der Waals surface area contributed by atoms with Crippen LogP contribution in [0.3, 0.4) is 0 Å². The third-order valence-electron chi connectivity index (χ3n) is 3.71. The number of amides is 1. The predicted octanol–water partition coefficient (Wildman–Crippen LogP) is 3.32. The molecule has 6 nitrogen and oxygen atoms in total. The molecule has 0 aromatic heterocycles. The van der Waals surface area contributed by atoms with Crippen LogP contribution in [0.5, 0.6) is 5.75 Å². The van der Waals surface area contributed by atoms with Crippen LogP contribution in [0, 0.1) is 0 Å². The number of primary amides is 1. The summed E-state index contributed by atoms with van der Waals surface area (Å²) in [4.78, 5) is 16.1. The van der Waals surface area contributed by atoms with Crippen LogP contribution in [0.15, 0.2) is 58.4 Å². The Morgan fingerprint density at radius 3 is 2.38 bits per heavy atom. The van der Waals surface area contributed by atoms with Gasteiger partial charge in [-0.1, -0.05) is 23.7 Å². The maximum absolute atomic E-state index is 10.7. The van der Waals surface area contributed by atoms with Gasteiger partial charge < -0.3 is 21.1 Å². The first-order chi connectivity index (χ1) is 13.6. The van der Waals surface area contributed by atoms with Gasteiger partial charge in [-0.15, -0.1) is 35.7 Å². The van der Waals surface area contributed by atoms with E-state index in [1.54, 1.807) is 18.8 Å². The molecular formula is C20H26ClIN4O2S. The van der Waals surface area contributed by atoms with E-state index in [1.807, 2.05) is 48.5 Å². The van der Waals surface area contributed by atoms with Gasteiger partial charge in [0.15, 0.2) is 12.6 Å². The van der Waals surface area contributed by atoms with E-state index >= 15 is 0 Å². The van der Waals surface area contributed by atoms with Crippen LogP contribution < -0.4 is 21.1 Å². The number of nitrogens with zero attached hydrogens (tertiary/aromatic N) is 1. The highest BCUT2D eigenvalue weighted by atomic mass is 127. The summed E-state index contributed by atoms with van der Waals surface area (Å²) in [5, 5.41) is 7.35. The zero-order valence-corrected chi connectivity index (χ0v) is 20.1. The normalized spacial score (nSPS) is 10.8. The third-order valence-corrected chi connectivity index (χ3v) is 4.98. The molecule has 0 fully saturated rings. The molecule has 1 amide bonds. The van der Waals surface area contributed by atoms with Gasteiger partial charge in [0, 0.05) is 35.8 Å². The van der Waals surface area contributed by atoms with Crippen molar-refractivity contribution in [3.05, 3.63) is 59.1 Å². The van der Waals surface area contributed by atoms with Crippen LogP contribution in [0.4, 0.5) is 0 Å². The SMILES string of the molecule is CN=C(NCCSc1ccc(Cl)cc1)NCCc1ccc(OCC(N)=O)cc1.I. The fourth-order valence-electron chi connectivity index (χ4n) is 2.32. The molecule has 0 heterocycles. The Kier molecular flexibility index (Phi) is 12.6. The molecule has 0 atom stereocenters. The van der Waals surface area contributed by atoms with Gasteiger partial charge in [0.2, 0.25) is 0 Å². The number of aliphatic imine (C=N–C) groups is 1. The average molecular weight is 549 g/mol. The summed E-state index contributed by atoms with van der Waals surface area (Å²) < 4.78 is 5.25. The Bertz CT molecular complexity index is 773. The number of thioether (sulfide) groups is 1. The topological polar surface area (TPSA) is 88.7 Å². The highest BCUT2D eigenvalue weighted by molar-refractivity contribution is 14.0. The molecule has 0 unspecified atom stereocenters. The van der Waals surface area contributed by atoms with Crippen LogP contribution in [-0.2, 0) is 11.2 Å². The van der Waals surface area contributed by atoms with Crippen molar-refractivity contribution in [2.24, 2.45) is 10.7 Å². The summed E-state index contributed by atoms with van der Waals surface area (Å²) in [5.41, 5.74) is 6.22. The standard InChI is InChI=1S/C20H25ClN4O2S.HI/c1-23-20(25-12-13-28-18-8-4-16(21)5-9-18)24-11-10-15-2-6-17(7-3-15)27-14-19(22)26;/h2-9H,10-14H2,1H3,(H2,22,26)(H2,23,24,25);1H. The summed E-state index contributed by atoms with van der Waals surface area (Å²) in [6.07, 6.45) is 0.844. The minimum absolute atomic E-state index is 0. The second-order valence-corrected chi connectivity index (χ2v) is 7.48. The monoisotopic (exact) mass is 548 g/mol. The molecule has 9 heteroatoms. The Hall–Kier alpha value is -1.65. The fourth-order valence-corrected chi connectivity index (χ4v) is 3.22. The van der Waals surface area contributed by atoms with Crippen molar-refractivity contribution in [2.75, 3.05) is 32.5 Å². The highest BCUT2D eigenvalue weighted by Gasteiger charge is 2.01. The lowest BCUT2D eigenvalue weighted by atomic mass is 10.1. The number of halogens is 2. The van der Waals surface area contributed by atoms with Crippen molar-refractivity contribution in [1.82, 2.24) is 10.6 Å². The van der Waals surface area contributed by atoms with Crippen LogP contribution in [0.1, 0.15) is 5.56 Å². The molecule has 0 aliphatic rings. The number of benzene rings is 2. The quantitative estimate of drug-likeness (QED) is 0.139. The molecule has 4 N–H and O–H groups in total. The molecule has 0 aliphatic carbocycles. The van der Waals surface area contributed by atoms with E-state index in [0.29, 0.717) is 5.75 Å². The van der Waals surface area contributed by atoms with Crippen LogP contribution in [0.2, 0.25) is 5.02 Å². The number of rotatable bonds is 10. The van der Waals surface area contributed by atoms with Crippen molar-refractivity contribution >= 4 is 59.2 Å². The van der Waals surface area contributed by atoms with E-state index in [9.17, 15) is 4.79 Å². The van der Waals surface area contributed by atoms with E-state index in [1.165, 1.54) is 4.90 Å². The van der Waals surface area contributed by atoms with E-state index in [4.69, 9.17) is 22.1 Å². The fraction of sp³-hybridized carbons (Fsp3) is 0.300. The predicted molar refractivity (Wildman–Crippen MR) is 132 cm³/mol. The minimum Gasteiger partial charge on any atom is -0.484 e. The summed E-state index contributed by atoms with van der Waals surface area (Å²) in [6.45, 7) is 1.45. The second-order valence-electron chi connectivity index (χ2n) is 5.88. The van der Waals surface area contributed by atoms with Gasteiger partial charge in [0.1, 0.15) is 5.75 Å². The molecule has 0 saturated carbocycles. The molecule has 0 spiro atoms. The van der Waals surface area contributed by atoms with Gasteiger partial charge in [-0.3, -0.25) is 9.79 Å². The Morgan fingerprint density at radius 2 is 1.76 bits per heavy atom. The van der Waals surface area contributed by atoms with Crippen molar-refractivity contribution < 1.29 is 9.53 Å². The Balaban J connectivity index is 0.00000420. The zero-order valence-electron chi connectivity index (χ0n) is 16.2. The summed E-state index contributed by atoms with van der Waals surface area (Å²) in [7, 11) is 1.76. The van der Waals surface area contributed by atoms with Crippen molar-refractivity contribution in [2.45, 2.75) is 11.3 Å². The Morgan fingerprint density at radius 1 is 1.10 bits per heavy atom. The molecule has 2 aromatic carbocycles. The molecule has 0 saturated heterocycles. The lowest BCUT2D eigenvalue weighted by Gasteiger charge is -2.12. The maximum atomic E-state index is 10.7. The number of hydrogen-bond donors (Lipinski definition) is 3. The van der Waals surface area contributed by atoms with E-state index in [-0.39, 0.29) is 30.6 Å². The first kappa shape index (κ1) is 25.4. The van der Waals surface area contributed by atoms with Gasteiger partial charge in [-0.05, 0) is 48.4 Å². The first-order valence-corrected chi connectivity index (χ1v) is 10.3. The largest absolute Gasteiger partial charge is 0.484 e. The summed E-state index contributed by atoms with van der Waals surface area (Å²) >= 11 is 7.66. The number of carbonyl (C=O) groups excluding carboxylic acids is 1. The first-order valence-electron chi connectivity index (χ1n) is 8.90. The van der Waals surface area contributed by atoms with Crippen LogP contribution >= 0.6 is 47.3 Å². The van der Waals surface area contributed by atoms with E-state index in [0.717, 1.165) is 41.8 Å². The molecular weight excluding hydrogens is 523 g/mol. The zero-order chi connectivity index (χ0) is 20.2. The van der Waals surface area contributed by atoms with E-state index in [2.05, 4.69) is 15.6 Å². The molecule has 2 rings (SSSR count). The maximum Gasteiger partial charge on any atom is 0.255 e. The number of nitrogens with one attached hydrogen (secondary N) is 2. The van der Waals surface area contributed by atoms with Gasteiger partial charge in [-0.2, -0.15) is 0 Å². The molecule has 158 valence electrons. The van der Waals surface area contributed by atoms with Gasteiger partial charge in [0.25, 0.3) is 5.91 Å². The van der Waals surface area contributed by atoms with Crippen LogP contribution in [-0.4, -0.2) is 44.4 Å². The number of guanidine groups is 1. The molecule has 2 aromatic rings. The number of hydrogen-bond acceptors (Lipinski definition) is 4. The second kappa shape index (κ2) is 14.4. The third kappa shape index (κ3) is 10.6. The van der Waals surface area contributed by atoms with Crippen molar-refractivity contribution in [3.8, 4) is 5.75 Å². The Labute approximate surface area is 198 Å². The van der Waals surface area contributed by atoms with Crippen molar-refractivity contribution in [3.63, 3.8) is 0 Å². The molecule has 29 heavy (non-hydrogen) atoms. The van der Waals surface area contributed by atoms with Crippen molar-refractivity contribution in [1.29, 1.82) is 0 Å². The molecule has 0 radical (unpaired) electrons. The van der Waals surface area contributed by atoms with Crippen LogP contribution in [0.25, 0.3) is 0 Å². The van der Waals surface area contributed by atoms with Gasteiger partial charge in [-0.25, -0.2) is 0 Å². The highest BCUT2D eigenvalue weighted by Crippen LogP contribution is 2.19. The number of nitrogens with two attached hydrogens (primary N) is 1. The van der Waals surface area contributed by atoms with Gasteiger partial charge >= 0.3 is 0 Å². The van der Waals surface area contributed by atoms with Gasteiger partial charge in [0.05, 0.1) is 0 Å². The summed E-state index contributed by atoms with van der Waals surface area (Å²) in [6, 6.07) is 15.4. The minimum atomic E-state index is -0.487. The molecule has 0 bridgehead atoms. The average Bonchev–Trinajstić information content (AvgIpc) is 2.70. The molecule has 0 aliphatic heterocycles. The number of ether oxygens (including phenoxy) is 1. The smallest absolute Gasteiger partial charge is 0.255 e.